The summed E-state index contributed by atoms with van der Waals surface area (Å²) in [6.07, 6.45) is 3.71. The summed E-state index contributed by atoms with van der Waals surface area (Å²) in [7, 11) is 0. The van der Waals surface area contributed by atoms with Gasteiger partial charge >= 0.3 is 0 Å². The van der Waals surface area contributed by atoms with Gasteiger partial charge in [-0.1, -0.05) is 6.07 Å². The summed E-state index contributed by atoms with van der Waals surface area (Å²) in [6, 6.07) is 4.57. The van der Waals surface area contributed by atoms with Gasteiger partial charge in [-0.3, -0.25) is 0 Å². The fraction of sp³-hybridized carbons (Fsp3) is 0.538. The van der Waals surface area contributed by atoms with E-state index in [2.05, 4.69) is 31.3 Å². The first kappa shape index (κ1) is 10.5. The number of nitrogens with two attached hydrogens (primary N) is 1. The maximum absolute atomic E-state index is 6.08. The molecule has 0 saturated heterocycles. The first-order valence-electron chi connectivity index (χ1n) is 5.88. The predicted molar refractivity (Wildman–Crippen MR) is 65.2 cm³/mol. The molecule has 0 aromatic heterocycles. The molecule has 1 aromatic carbocycles. The number of fused-ring (bicyclic) bond motifs is 1. The number of benzene rings is 1. The van der Waals surface area contributed by atoms with Gasteiger partial charge in [-0.25, -0.2) is 0 Å². The molecule has 0 heterocycles. The predicted octanol–water partition coefficient (Wildman–Crippen LogP) is 2.63. The third kappa shape index (κ3) is 1.86. The van der Waals surface area contributed by atoms with E-state index >= 15 is 0 Å². The van der Waals surface area contributed by atoms with Crippen molar-refractivity contribution in [3.05, 3.63) is 28.8 Å². The van der Waals surface area contributed by atoms with Crippen LogP contribution >= 0.6 is 0 Å². The minimum absolute atomic E-state index is 0.132. The Kier molecular flexibility index (Phi) is 2.96. The van der Waals surface area contributed by atoms with Crippen LogP contribution in [0.5, 0.6) is 0 Å². The Labute approximate surface area is 91.9 Å². The molecule has 2 rings (SSSR count). The molecule has 0 aliphatic heterocycles. The van der Waals surface area contributed by atoms with Crippen LogP contribution in [0.4, 0.5) is 5.69 Å². The lowest BCUT2D eigenvalue weighted by Gasteiger charge is -2.18. The topological polar surface area (TPSA) is 38.0 Å². The summed E-state index contributed by atoms with van der Waals surface area (Å²) in [4.78, 5) is 0. The molecule has 3 N–H and O–H groups in total. The highest BCUT2D eigenvalue weighted by Gasteiger charge is 2.19. The van der Waals surface area contributed by atoms with Gasteiger partial charge in [0, 0.05) is 18.3 Å². The van der Waals surface area contributed by atoms with E-state index in [1.807, 2.05) is 0 Å². The third-order valence-electron chi connectivity index (χ3n) is 3.15. The molecule has 1 aromatic rings. The second-order valence-electron chi connectivity index (χ2n) is 4.34. The lowest BCUT2D eigenvalue weighted by molar-refractivity contribution is 0.800. The first-order valence-corrected chi connectivity index (χ1v) is 5.88. The lowest BCUT2D eigenvalue weighted by atomic mass is 9.96. The van der Waals surface area contributed by atoms with E-state index in [1.165, 1.54) is 41.6 Å². The van der Waals surface area contributed by atoms with Crippen molar-refractivity contribution in [3.63, 3.8) is 0 Å². The molecule has 0 fully saturated rings. The minimum Gasteiger partial charge on any atom is -0.385 e. The van der Waals surface area contributed by atoms with Gasteiger partial charge in [-0.05, 0) is 55.9 Å². The van der Waals surface area contributed by atoms with Crippen LogP contribution in [0.1, 0.15) is 43.0 Å². The monoisotopic (exact) mass is 204 g/mol. The van der Waals surface area contributed by atoms with Crippen LogP contribution in [0.2, 0.25) is 0 Å². The molecule has 0 amide bonds. The van der Waals surface area contributed by atoms with Crippen LogP contribution in [0.3, 0.4) is 0 Å². The molecule has 15 heavy (non-hydrogen) atoms. The van der Waals surface area contributed by atoms with Crippen molar-refractivity contribution < 1.29 is 0 Å². The molecular formula is C13H20N2. The standard InChI is InChI=1S/C13H20N2/c1-3-15-12-8-7-10-5-4-6-11(10)13(12)9(2)14/h7-9,15H,3-6,14H2,1-2H3/t9-/m1/s1. The van der Waals surface area contributed by atoms with E-state index in [1.54, 1.807) is 0 Å². The first-order chi connectivity index (χ1) is 7.24. The minimum atomic E-state index is 0.132. The summed E-state index contributed by atoms with van der Waals surface area (Å²) >= 11 is 0. The lowest BCUT2D eigenvalue weighted by Crippen LogP contribution is -2.12. The van der Waals surface area contributed by atoms with Crippen LogP contribution in [0.15, 0.2) is 12.1 Å². The fourth-order valence-corrected chi connectivity index (χ4v) is 2.56. The quantitative estimate of drug-likeness (QED) is 0.794. The van der Waals surface area contributed by atoms with E-state index in [0.29, 0.717) is 0 Å². The zero-order valence-corrected chi connectivity index (χ0v) is 9.64. The molecule has 0 bridgehead atoms. The highest BCUT2D eigenvalue weighted by molar-refractivity contribution is 5.59. The number of aryl methyl sites for hydroxylation is 1. The number of anilines is 1. The van der Waals surface area contributed by atoms with Crippen molar-refractivity contribution in [1.82, 2.24) is 0 Å². The summed E-state index contributed by atoms with van der Waals surface area (Å²) in [5.41, 5.74) is 11.7. The van der Waals surface area contributed by atoms with Crippen molar-refractivity contribution >= 4 is 5.69 Å². The zero-order chi connectivity index (χ0) is 10.8. The summed E-state index contributed by atoms with van der Waals surface area (Å²) < 4.78 is 0. The molecular weight excluding hydrogens is 184 g/mol. The smallest absolute Gasteiger partial charge is 0.0391 e. The van der Waals surface area contributed by atoms with E-state index in [0.717, 1.165) is 6.54 Å². The van der Waals surface area contributed by atoms with Crippen LogP contribution in [0, 0.1) is 0 Å². The van der Waals surface area contributed by atoms with E-state index < -0.39 is 0 Å². The molecule has 2 heteroatoms. The number of hydrogen-bond donors (Lipinski definition) is 2. The Morgan fingerprint density at radius 1 is 1.40 bits per heavy atom. The van der Waals surface area contributed by atoms with Gasteiger partial charge in [-0.2, -0.15) is 0 Å². The maximum atomic E-state index is 6.08. The Hall–Kier alpha value is -1.02. The molecule has 1 aliphatic carbocycles. The number of nitrogens with one attached hydrogen (secondary N) is 1. The molecule has 1 atom stereocenters. The zero-order valence-electron chi connectivity index (χ0n) is 9.64. The van der Waals surface area contributed by atoms with Crippen LogP contribution in [-0.2, 0) is 12.8 Å². The van der Waals surface area contributed by atoms with Gasteiger partial charge < -0.3 is 11.1 Å². The van der Waals surface area contributed by atoms with E-state index in [4.69, 9.17) is 5.73 Å². The Morgan fingerprint density at radius 3 is 2.87 bits per heavy atom. The normalized spacial score (nSPS) is 16.2. The third-order valence-corrected chi connectivity index (χ3v) is 3.15. The molecule has 82 valence electrons. The highest BCUT2D eigenvalue weighted by atomic mass is 14.9. The van der Waals surface area contributed by atoms with Gasteiger partial charge in [0.2, 0.25) is 0 Å². The molecule has 1 aliphatic rings. The van der Waals surface area contributed by atoms with Crippen molar-refractivity contribution in [3.8, 4) is 0 Å². The number of hydrogen-bond acceptors (Lipinski definition) is 2. The summed E-state index contributed by atoms with van der Waals surface area (Å²) in [5, 5.41) is 3.41. The maximum Gasteiger partial charge on any atom is 0.0391 e. The van der Waals surface area contributed by atoms with Crippen molar-refractivity contribution in [2.75, 3.05) is 11.9 Å². The molecule has 0 radical (unpaired) electrons. The molecule has 0 saturated carbocycles. The van der Waals surface area contributed by atoms with E-state index in [9.17, 15) is 0 Å². The fourth-order valence-electron chi connectivity index (χ4n) is 2.56. The average molecular weight is 204 g/mol. The second kappa shape index (κ2) is 4.23. The highest BCUT2D eigenvalue weighted by Crippen LogP contribution is 2.33. The van der Waals surface area contributed by atoms with Crippen LogP contribution < -0.4 is 11.1 Å². The Balaban J connectivity index is 2.48. The van der Waals surface area contributed by atoms with Crippen molar-refractivity contribution in [1.29, 1.82) is 0 Å². The van der Waals surface area contributed by atoms with Crippen molar-refractivity contribution in [2.24, 2.45) is 5.73 Å². The number of rotatable bonds is 3. The largest absolute Gasteiger partial charge is 0.385 e. The van der Waals surface area contributed by atoms with Gasteiger partial charge in [0.25, 0.3) is 0 Å². The Morgan fingerprint density at radius 2 is 2.20 bits per heavy atom. The average Bonchev–Trinajstić information content (AvgIpc) is 2.64. The summed E-state index contributed by atoms with van der Waals surface area (Å²) in [5.74, 6) is 0. The van der Waals surface area contributed by atoms with E-state index in [-0.39, 0.29) is 6.04 Å². The van der Waals surface area contributed by atoms with Crippen LogP contribution in [-0.4, -0.2) is 6.54 Å². The van der Waals surface area contributed by atoms with Gasteiger partial charge in [0.1, 0.15) is 0 Å². The molecule has 0 unspecified atom stereocenters. The second-order valence-corrected chi connectivity index (χ2v) is 4.34. The van der Waals surface area contributed by atoms with Gasteiger partial charge in [-0.15, -0.1) is 0 Å². The van der Waals surface area contributed by atoms with Crippen LogP contribution in [0.25, 0.3) is 0 Å². The summed E-state index contributed by atoms with van der Waals surface area (Å²) in [6.45, 7) is 5.16. The van der Waals surface area contributed by atoms with Crippen molar-refractivity contribution in [2.45, 2.75) is 39.2 Å². The SMILES string of the molecule is CCNc1ccc2c(c1[C@@H](C)N)CCC2. The van der Waals surface area contributed by atoms with Gasteiger partial charge in [0.15, 0.2) is 0 Å². The Bertz CT molecular complexity index is 356. The van der Waals surface area contributed by atoms with Gasteiger partial charge in [0.05, 0.1) is 0 Å². The molecule has 0 spiro atoms. The molecule has 2 nitrogen and oxygen atoms in total.